The second-order valence-electron chi connectivity index (χ2n) is 8.95. The van der Waals surface area contributed by atoms with Crippen LogP contribution >= 0.6 is 0 Å². The van der Waals surface area contributed by atoms with Gasteiger partial charge in [-0.1, -0.05) is 39.3 Å². The number of carbonyl (C=O) groups is 1. The zero-order valence-electron chi connectivity index (χ0n) is 20.8. The lowest BCUT2D eigenvalue weighted by molar-refractivity contribution is -0.123. The molecule has 0 spiro atoms. The van der Waals surface area contributed by atoms with E-state index in [0.29, 0.717) is 18.2 Å². The molecule has 0 aliphatic rings. The molecular weight excluding hydrogens is 435 g/mol. The van der Waals surface area contributed by atoms with Crippen LogP contribution in [0.3, 0.4) is 0 Å². The Morgan fingerprint density at radius 1 is 1.18 bits per heavy atom. The predicted octanol–water partition coefficient (Wildman–Crippen LogP) is 3.90. The van der Waals surface area contributed by atoms with Crippen LogP contribution in [-0.4, -0.2) is 58.9 Å². The number of aromatic nitrogens is 2. The molecule has 0 unspecified atom stereocenters. The van der Waals surface area contributed by atoms with Gasteiger partial charge in [0.05, 0.1) is 30.0 Å². The summed E-state index contributed by atoms with van der Waals surface area (Å²) in [6.07, 6.45) is 3.21. The molecule has 7 nitrogen and oxygen atoms in total. The summed E-state index contributed by atoms with van der Waals surface area (Å²) in [5, 5.41) is 23.5. The zero-order chi connectivity index (χ0) is 25.3. The highest BCUT2D eigenvalue weighted by molar-refractivity contribution is 5.76. The van der Waals surface area contributed by atoms with Crippen LogP contribution in [0.4, 0.5) is 10.3 Å². The highest BCUT2D eigenvalue weighted by atomic mass is 19.1. The van der Waals surface area contributed by atoms with Crippen LogP contribution in [0, 0.1) is 5.82 Å². The molecule has 0 aliphatic heterocycles. The molecule has 2 atom stereocenters. The van der Waals surface area contributed by atoms with E-state index < -0.39 is 12.2 Å². The minimum absolute atomic E-state index is 0.0250. The lowest BCUT2D eigenvalue weighted by Gasteiger charge is -2.19. The first kappa shape index (κ1) is 27.4. The summed E-state index contributed by atoms with van der Waals surface area (Å²) in [5.74, 6) is 0.0285. The van der Waals surface area contributed by atoms with Gasteiger partial charge in [-0.15, -0.1) is 0 Å². The molecule has 0 radical (unpaired) electrons. The molecule has 0 saturated heterocycles. The Morgan fingerprint density at radius 2 is 1.85 bits per heavy atom. The van der Waals surface area contributed by atoms with Crippen molar-refractivity contribution in [1.29, 1.82) is 0 Å². The number of hydrogen-bond donors (Lipinski definition) is 3. The summed E-state index contributed by atoms with van der Waals surface area (Å²) in [5.41, 5.74) is 2.86. The van der Waals surface area contributed by atoms with E-state index in [2.05, 4.69) is 10.3 Å². The van der Waals surface area contributed by atoms with Crippen LogP contribution in [0.1, 0.15) is 63.6 Å². The monoisotopic (exact) mass is 472 g/mol. The molecule has 1 aromatic carbocycles. The fourth-order valence-electron chi connectivity index (χ4n) is 3.45. The number of nitrogens with one attached hydrogen (secondary N) is 1. The van der Waals surface area contributed by atoms with E-state index in [1.807, 2.05) is 39.8 Å². The Hall–Kier alpha value is -2.84. The normalized spacial score (nSPS) is 13.3. The molecular formula is C26H37FN4O3. The summed E-state index contributed by atoms with van der Waals surface area (Å²) < 4.78 is 13.5. The molecule has 0 bridgehead atoms. The number of rotatable bonds is 12. The Morgan fingerprint density at radius 3 is 2.44 bits per heavy atom. The standard InChI is InChI=1S/C26H37FN4O3/c1-6-7-14-28-23(34)16-21(33)15-20(32)12-13-22-24(17(2)3)29-26(31(4)5)30-25(22)18-8-10-19(27)11-9-18/h8-13,17,20-21,32-33H,6-7,14-16H2,1-5H3,(H,28,34)/b13-12+/t20-,21-/m1/s1. The molecule has 2 aromatic rings. The van der Waals surface area contributed by atoms with E-state index in [-0.39, 0.29) is 30.5 Å². The van der Waals surface area contributed by atoms with Crippen LogP contribution in [0.25, 0.3) is 17.3 Å². The summed E-state index contributed by atoms with van der Waals surface area (Å²) in [4.78, 5) is 23.1. The Labute approximate surface area is 201 Å². The van der Waals surface area contributed by atoms with Crippen LogP contribution < -0.4 is 10.2 Å². The summed E-state index contributed by atoms with van der Waals surface area (Å²) in [6, 6.07) is 6.09. The maximum atomic E-state index is 13.5. The maximum absolute atomic E-state index is 13.5. The van der Waals surface area contributed by atoms with Crippen LogP contribution in [-0.2, 0) is 4.79 Å². The van der Waals surface area contributed by atoms with Crippen molar-refractivity contribution >= 4 is 17.9 Å². The van der Waals surface area contributed by atoms with Gasteiger partial charge in [0.15, 0.2) is 0 Å². The number of halogens is 1. The number of aliphatic hydroxyl groups is 2. The zero-order valence-corrected chi connectivity index (χ0v) is 20.8. The molecule has 1 amide bonds. The summed E-state index contributed by atoms with van der Waals surface area (Å²) >= 11 is 0. The average Bonchev–Trinajstić information content (AvgIpc) is 2.77. The van der Waals surface area contributed by atoms with E-state index in [9.17, 15) is 19.4 Å². The van der Waals surface area contributed by atoms with Gasteiger partial charge >= 0.3 is 0 Å². The quantitative estimate of drug-likeness (QED) is 0.405. The molecule has 1 aromatic heterocycles. The number of amides is 1. The number of hydrogen-bond acceptors (Lipinski definition) is 6. The largest absolute Gasteiger partial charge is 0.392 e. The van der Waals surface area contributed by atoms with Crippen molar-refractivity contribution in [2.24, 2.45) is 0 Å². The van der Waals surface area contributed by atoms with Gasteiger partial charge in [-0.2, -0.15) is 0 Å². The van der Waals surface area contributed by atoms with E-state index in [1.165, 1.54) is 12.1 Å². The third kappa shape index (κ3) is 8.18. The van der Waals surface area contributed by atoms with Gasteiger partial charge < -0.3 is 20.4 Å². The maximum Gasteiger partial charge on any atom is 0.225 e. The van der Waals surface area contributed by atoms with Gasteiger partial charge in [-0.25, -0.2) is 14.4 Å². The lowest BCUT2D eigenvalue weighted by Crippen LogP contribution is -2.29. The number of aliphatic hydroxyl groups excluding tert-OH is 2. The van der Waals surface area contributed by atoms with Crippen molar-refractivity contribution in [3.05, 3.63) is 47.4 Å². The van der Waals surface area contributed by atoms with Crippen molar-refractivity contribution < 1.29 is 19.4 Å². The number of nitrogens with zero attached hydrogens (tertiary/aromatic N) is 3. The first-order chi connectivity index (χ1) is 16.1. The number of benzene rings is 1. The Bertz CT molecular complexity index is 961. The SMILES string of the molecule is CCCCNC(=O)C[C@H](O)C[C@H](O)/C=C/c1c(-c2ccc(F)cc2)nc(N(C)C)nc1C(C)C. The molecule has 0 fully saturated rings. The summed E-state index contributed by atoms with van der Waals surface area (Å²) in [6.45, 7) is 6.66. The number of carbonyl (C=O) groups excluding carboxylic acids is 1. The van der Waals surface area contributed by atoms with Gasteiger partial charge in [0.1, 0.15) is 5.82 Å². The molecule has 1 heterocycles. The van der Waals surface area contributed by atoms with Gasteiger partial charge in [0.25, 0.3) is 0 Å². The van der Waals surface area contributed by atoms with Crippen molar-refractivity contribution in [1.82, 2.24) is 15.3 Å². The number of anilines is 1. The lowest BCUT2D eigenvalue weighted by atomic mass is 9.97. The fourth-order valence-corrected chi connectivity index (χ4v) is 3.45. The topological polar surface area (TPSA) is 98.6 Å². The van der Waals surface area contributed by atoms with E-state index in [1.54, 1.807) is 24.3 Å². The van der Waals surface area contributed by atoms with Crippen molar-refractivity contribution in [3.8, 4) is 11.3 Å². The van der Waals surface area contributed by atoms with E-state index >= 15 is 0 Å². The van der Waals surface area contributed by atoms with Gasteiger partial charge in [-0.05, 0) is 36.6 Å². The van der Waals surface area contributed by atoms with Gasteiger partial charge in [0.2, 0.25) is 11.9 Å². The van der Waals surface area contributed by atoms with Crippen LogP contribution in [0.2, 0.25) is 0 Å². The van der Waals surface area contributed by atoms with Gasteiger partial charge in [-0.3, -0.25) is 4.79 Å². The van der Waals surface area contributed by atoms with E-state index in [0.717, 1.165) is 29.7 Å². The van der Waals surface area contributed by atoms with Crippen molar-refractivity contribution in [3.63, 3.8) is 0 Å². The highest BCUT2D eigenvalue weighted by Crippen LogP contribution is 2.31. The first-order valence-electron chi connectivity index (χ1n) is 11.8. The Balaban J connectivity index is 2.28. The highest BCUT2D eigenvalue weighted by Gasteiger charge is 2.19. The first-order valence-corrected chi connectivity index (χ1v) is 11.8. The second kappa shape index (κ2) is 13.2. The van der Waals surface area contributed by atoms with Crippen LogP contribution in [0.5, 0.6) is 0 Å². The molecule has 2 rings (SSSR count). The number of unbranched alkanes of at least 4 members (excludes halogenated alkanes) is 1. The molecule has 3 N–H and O–H groups in total. The predicted molar refractivity (Wildman–Crippen MR) is 134 cm³/mol. The minimum Gasteiger partial charge on any atom is -0.392 e. The molecule has 8 heteroatoms. The second-order valence-corrected chi connectivity index (χ2v) is 8.95. The van der Waals surface area contributed by atoms with Crippen molar-refractivity contribution in [2.45, 2.75) is 64.6 Å². The smallest absolute Gasteiger partial charge is 0.225 e. The van der Waals surface area contributed by atoms with E-state index in [4.69, 9.17) is 4.98 Å². The molecule has 0 saturated carbocycles. The van der Waals surface area contributed by atoms with Gasteiger partial charge in [0, 0.05) is 38.2 Å². The average molecular weight is 473 g/mol. The summed E-state index contributed by atoms with van der Waals surface area (Å²) in [7, 11) is 3.71. The van der Waals surface area contributed by atoms with Crippen molar-refractivity contribution in [2.75, 3.05) is 25.5 Å². The minimum atomic E-state index is -0.965. The Kier molecular flexibility index (Phi) is 10.6. The third-order valence-corrected chi connectivity index (χ3v) is 5.30. The molecule has 186 valence electrons. The third-order valence-electron chi connectivity index (χ3n) is 5.30. The fraction of sp³-hybridized carbons (Fsp3) is 0.500. The van der Waals surface area contributed by atoms with Crippen LogP contribution in [0.15, 0.2) is 30.3 Å². The molecule has 0 aliphatic carbocycles. The molecule has 34 heavy (non-hydrogen) atoms.